The number of carbonyl (C=O) groups excluding carboxylic acids is 1. The van der Waals surface area contributed by atoms with E-state index < -0.39 is 22.2 Å². The summed E-state index contributed by atoms with van der Waals surface area (Å²) in [6.07, 6.45) is 2.87. The van der Waals surface area contributed by atoms with Crippen LogP contribution in [0.5, 0.6) is 11.5 Å². The Hall–Kier alpha value is -3.22. The number of ether oxygens (including phenoxy) is 3. The van der Waals surface area contributed by atoms with Gasteiger partial charge in [0.15, 0.2) is 17.3 Å². The Labute approximate surface area is 249 Å². The van der Waals surface area contributed by atoms with Crippen LogP contribution in [0.25, 0.3) is 5.69 Å². The fourth-order valence-corrected chi connectivity index (χ4v) is 7.58. The minimum atomic E-state index is -3.26. The second-order valence-electron chi connectivity index (χ2n) is 9.40. The molecule has 216 valence electrons. The lowest BCUT2D eigenvalue weighted by Crippen LogP contribution is -2.17. The minimum absolute atomic E-state index is 0.243. The lowest BCUT2D eigenvalue weighted by atomic mass is 10.0. The highest BCUT2D eigenvalue weighted by Crippen LogP contribution is 2.54. The Kier molecular flexibility index (Phi) is 8.53. The largest absolute Gasteiger partial charge is 0.493 e. The first-order valence-corrected chi connectivity index (χ1v) is 14.8. The number of halogens is 3. The van der Waals surface area contributed by atoms with Gasteiger partial charge in [-0.05, 0) is 36.2 Å². The Morgan fingerprint density at radius 1 is 1.12 bits per heavy atom. The second-order valence-corrected chi connectivity index (χ2v) is 12.3. The zero-order valence-electron chi connectivity index (χ0n) is 22.7. The lowest BCUT2D eigenvalue weighted by molar-refractivity contribution is -0.140. The van der Waals surface area contributed by atoms with Gasteiger partial charge in [-0.25, -0.2) is 4.98 Å². The number of nitrogens with zero attached hydrogens (tertiary/aromatic N) is 4. The molecule has 3 heterocycles. The van der Waals surface area contributed by atoms with Crippen molar-refractivity contribution < 1.29 is 27.8 Å². The summed E-state index contributed by atoms with van der Waals surface area (Å²) >= 11 is 9.48. The Morgan fingerprint density at radius 3 is 2.63 bits per heavy atom. The quantitative estimate of drug-likeness (QED) is 0.190. The van der Waals surface area contributed by atoms with E-state index in [0.29, 0.717) is 46.4 Å². The molecule has 0 N–H and O–H groups in total. The van der Waals surface area contributed by atoms with E-state index in [1.807, 2.05) is 12.1 Å². The molecule has 2 unspecified atom stereocenters. The van der Waals surface area contributed by atoms with E-state index in [1.54, 1.807) is 44.7 Å². The number of para-hydroxylation sites is 1. The first kappa shape index (κ1) is 29.3. The number of rotatable bonds is 9. The van der Waals surface area contributed by atoms with E-state index in [2.05, 4.69) is 15.2 Å². The van der Waals surface area contributed by atoms with E-state index in [0.717, 1.165) is 22.4 Å². The van der Waals surface area contributed by atoms with Crippen LogP contribution in [0.3, 0.4) is 0 Å². The van der Waals surface area contributed by atoms with Gasteiger partial charge in [0.05, 0.1) is 48.9 Å². The number of benzene rings is 2. The molecule has 0 amide bonds. The van der Waals surface area contributed by atoms with Crippen molar-refractivity contribution in [3.8, 4) is 17.2 Å². The summed E-state index contributed by atoms with van der Waals surface area (Å²) in [7, 11) is 4.48. The van der Waals surface area contributed by atoms with Crippen molar-refractivity contribution in [1.29, 1.82) is 0 Å². The third-order valence-electron chi connectivity index (χ3n) is 6.66. The maximum Gasteiger partial charge on any atom is 0.305 e. The van der Waals surface area contributed by atoms with E-state index in [4.69, 9.17) is 25.8 Å². The molecular formula is C28H27ClF2N4O4S2. The molecule has 41 heavy (non-hydrogen) atoms. The van der Waals surface area contributed by atoms with Crippen LogP contribution in [-0.4, -0.2) is 47.0 Å². The molecule has 1 aliphatic heterocycles. The van der Waals surface area contributed by atoms with Crippen molar-refractivity contribution in [1.82, 2.24) is 19.7 Å². The molecule has 0 spiro atoms. The van der Waals surface area contributed by atoms with Crippen LogP contribution in [0.1, 0.15) is 56.5 Å². The molecule has 2 aromatic heterocycles. The second kappa shape index (κ2) is 11.9. The third kappa shape index (κ3) is 5.91. The average molecular weight is 621 g/mol. The van der Waals surface area contributed by atoms with Crippen LogP contribution in [0, 0.1) is 0 Å². The molecule has 4 aromatic rings. The molecule has 0 radical (unpaired) electrons. The highest BCUT2D eigenvalue weighted by Gasteiger charge is 2.40. The summed E-state index contributed by atoms with van der Waals surface area (Å²) in [5, 5.41) is 8.68. The number of methoxy groups -OCH3 is 3. The van der Waals surface area contributed by atoms with Crippen molar-refractivity contribution >= 4 is 40.7 Å². The maximum absolute atomic E-state index is 14.9. The van der Waals surface area contributed by atoms with Crippen molar-refractivity contribution in [2.45, 2.75) is 42.6 Å². The molecule has 0 saturated heterocycles. The zero-order valence-corrected chi connectivity index (χ0v) is 25.1. The third-order valence-corrected chi connectivity index (χ3v) is 9.46. The molecule has 0 fully saturated rings. The molecule has 2 atom stereocenters. The summed E-state index contributed by atoms with van der Waals surface area (Å²) in [5.74, 6) is -2.55. The van der Waals surface area contributed by atoms with Crippen molar-refractivity contribution in [2.75, 3.05) is 21.3 Å². The van der Waals surface area contributed by atoms with Crippen LogP contribution in [-0.2, 0) is 28.3 Å². The Balaban J connectivity index is 1.65. The van der Waals surface area contributed by atoms with Crippen LogP contribution >= 0.6 is 34.7 Å². The first-order chi connectivity index (χ1) is 19.6. The van der Waals surface area contributed by atoms with E-state index in [-0.39, 0.29) is 12.4 Å². The number of thioether (sulfide) groups is 1. The smallest absolute Gasteiger partial charge is 0.305 e. The van der Waals surface area contributed by atoms with Gasteiger partial charge in [-0.15, -0.1) is 33.3 Å². The number of esters is 1. The number of carbonyl (C=O) groups is 1. The van der Waals surface area contributed by atoms with E-state index in [9.17, 15) is 13.6 Å². The SMILES string of the molecule is COC(=O)CCc1cnc(CC2SC(c3cccc(OC)c3OC)c3cc(Cl)ccc3-n3c2nnc3C(C)(F)F)s1. The van der Waals surface area contributed by atoms with Gasteiger partial charge in [-0.2, -0.15) is 8.78 Å². The number of thiazole rings is 1. The number of fused-ring (bicyclic) bond motifs is 3. The fraction of sp³-hybridized carbons (Fsp3) is 0.357. The standard InChI is InChI=1S/C28H27ClF2N4O4S2/c1-28(30,31)27-34-33-26-21(13-22-32-14-16(40-22)9-11-23(36)38-3)41-25(17-6-5-7-20(37-2)24(17)39-4)18-12-15(29)8-10-19(18)35(26)27/h5-8,10,12,14,21,25H,9,11,13H2,1-4H3. The van der Waals surface area contributed by atoms with Crippen LogP contribution < -0.4 is 9.47 Å². The summed E-state index contributed by atoms with van der Waals surface area (Å²) in [6.45, 7) is 0.809. The molecular weight excluding hydrogens is 594 g/mol. The number of aryl methyl sites for hydroxylation is 1. The van der Waals surface area contributed by atoms with Crippen LogP contribution in [0.2, 0.25) is 5.02 Å². The highest BCUT2D eigenvalue weighted by molar-refractivity contribution is 8.00. The van der Waals surface area contributed by atoms with Crippen molar-refractivity contribution in [2.24, 2.45) is 0 Å². The van der Waals surface area contributed by atoms with Gasteiger partial charge in [0.1, 0.15) is 0 Å². The normalized spacial score (nSPS) is 16.5. The van der Waals surface area contributed by atoms with E-state index in [1.165, 1.54) is 34.8 Å². The molecule has 5 rings (SSSR count). The molecule has 1 aliphatic rings. The van der Waals surface area contributed by atoms with Crippen molar-refractivity contribution in [3.05, 3.63) is 80.3 Å². The molecule has 0 aliphatic carbocycles. The zero-order chi connectivity index (χ0) is 29.3. The monoisotopic (exact) mass is 620 g/mol. The summed E-state index contributed by atoms with van der Waals surface area (Å²) in [5.41, 5.74) is 2.02. The van der Waals surface area contributed by atoms with E-state index >= 15 is 0 Å². The van der Waals surface area contributed by atoms with Gasteiger partial charge in [0.25, 0.3) is 0 Å². The molecule has 0 bridgehead atoms. The van der Waals surface area contributed by atoms with Gasteiger partial charge in [-0.3, -0.25) is 9.36 Å². The minimum Gasteiger partial charge on any atom is -0.493 e. The first-order valence-electron chi connectivity index (χ1n) is 12.6. The Morgan fingerprint density at radius 2 is 1.93 bits per heavy atom. The van der Waals surface area contributed by atoms with Crippen LogP contribution in [0.15, 0.2) is 42.6 Å². The maximum atomic E-state index is 14.9. The summed E-state index contributed by atoms with van der Waals surface area (Å²) in [6, 6.07) is 10.8. The van der Waals surface area contributed by atoms with Gasteiger partial charge in [0, 0.05) is 35.0 Å². The van der Waals surface area contributed by atoms with Gasteiger partial charge in [-0.1, -0.05) is 23.7 Å². The van der Waals surface area contributed by atoms with Crippen LogP contribution in [0.4, 0.5) is 8.78 Å². The summed E-state index contributed by atoms with van der Waals surface area (Å²) in [4.78, 5) is 17.1. The number of aromatic nitrogens is 4. The predicted molar refractivity (Wildman–Crippen MR) is 154 cm³/mol. The molecule has 2 aromatic carbocycles. The van der Waals surface area contributed by atoms with Crippen molar-refractivity contribution in [3.63, 3.8) is 0 Å². The highest BCUT2D eigenvalue weighted by atomic mass is 35.5. The number of hydrogen-bond acceptors (Lipinski definition) is 9. The lowest BCUT2D eigenvalue weighted by Gasteiger charge is -2.23. The number of hydrogen-bond donors (Lipinski definition) is 0. The predicted octanol–water partition coefficient (Wildman–Crippen LogP) is 6.73. The Bertz CT molecular complexity index is 1570. The van der Waals surface area contributed by atoms with Gasteiger partial charge < -0.3 is 14.2 Å². The fourth-order valence-electron chi connectivity index (χ4n) is 4.81. The summed E-state index contributed by atoms with van der Waals surface area (Å²) < 4.78 is 47.4. The topological polar surface area (TPSA) is 88.4 Å². The average Bonchev–Trinajstić information content (AvgIpc) is 3.58. The molecule has 13 heteroatoms. The van der Waals surface area contributed by atoms with Gasteiger partial charge >= 0.3 is 11.9 Å². The molecule has 8 nitrogen and oxygen atoms in total. The van der Waals surface area contributed by atoms with Gasteiger partial charge in [0.2, 0.25) is 5.82 Å². The molecule has 0 saturated carbocycles. The number of alkyl halides is 2.